The summed E-state index contributed by atoms with van der Waals surface area (Å²) in [4.78, 5) is 30.6. The van der Waals surface area contributed by atoms with Crippen LogP contribution in [0, 0.1) is 0 Å². The molecular formula is C18H23N2O5P. The predicted octanol–water partition coefficient (Wildman–Crippen LogP) is 1.78. The Labute approximate surface area is 152 Å². The molecule has 0 spiro atoms. The molecule has 26 heavy (non-hydrogen) atoms. The molecule has 0 aliphatic carbocycles. The van der Waals surface area contributed by atoms with E-state index in [9.17, 15) is 19.1 Å². The smallest absolute Gasteiger partial charge is 0.347 e. The van der Waals surface area contributed by atoms with Crippen molar-refractivity contribution in [1.29, 1.82) is 0 Å². The van der Waals surface area contributed by atoms with E-state index in [1.165, 1.54) is 6.92 Å². The van der Waals surface area contributed by atoms with Gasteiger partial charge in [0.2, 0.25) is 5.91 Å². The van der Waals surface area contributed by atoms with E-state index in [1.807, 2.05) is 30.3 Å². The van der Waals surface area contributed by atoms with Gasteiger partial charge in [0.25, 0.3) is 0 Å². The average Bonchev–Trinajstić information content (AvgIpc) is 2.60. The van der Waals surface area contributed by atoms with Gasteiger partial charge in [0.15, 0.2) is 0 Å². The second-order valence-electron chi connectivity index (χ2n) is 6.02. The lowest BCUT2D eigenvalue weighted by atomic mass is 10.1. The molecule has 2 aromatic carbocycles. The predicted molar refractivity (Wildman–Crippen MR) is 98.5 cm³/mol. The van der Waals surface area contributed by atoms with Crippen molar-refractivity contribution in [3.63, 3.8) is 0 Å². The zero-order valence-corrected chi connectivity index (χ0v) is 15.3. The minimum Gasteiger partial charge on any atom is -0.489 e. The van der Waals surface area contributed by atoms with E-state index in [-0.39, 0.29) is 6.42 Å². The Hall–Kier alpha value is -2.18. The van der Waals surface area contributed by atoms with Crippen LogP contribution in [0.15, 0.2) is 54.6 Å². The van der Waals surface area contributed by atoms with Crippen molar-refractivity contribution < 1.29 is 23.9 Å². The van der Waals surface area contributed by atoms with Crippen LogP contribution in [0.2, 0.25) is 0 Å². The summed E-state index contributed by atoms with van der Waals surface area (Å²) in [6.45, 7) is 1.88. The van der Waals surface area contributed by atoms with Crippen LogP contribution in [0.25, 0.3) is 0 Å². The minimum atomic E-state index is -4.52. The van der Waals surface area contributed by atoms with E-state index < -0.39 is 25.3 Å². The molecule has 5 N–H and O–H groups in total. The van der Waals surface area contributed by atoms with Crippen molar-refractivity contribution in [3.8, 4) is 5.75 Å². The van der Waals surface area contributed by atoms with Gasteiger partial charge in [-0.25, -0.2) is 0 Å². The normalized spacial score (nSPS) is 13.7. The maximum atomic E-state index is 11.7. The van der Waals surface area contributed by atoms with Crippen LogP contribution in [-0.2, 0) is 22.4 Å². The first-order valence-corrected chi connectivity index (χ1v) is 9.80. The first-order chi connectivity index (χ1) is 12.3. The topological polar surface area (TPSA) is 122 Å². The number of benzene rings is 2. The van der Waals surface area contributed by atoms with Gasteiger partial charge in [0.05, 0.1) is 6.04 Å². The van der Waals surface area contributed by atoms with E-state index in [0.717, 1.165) is 5.56 Å². The number of rotatable bonds is 8. The molecule has 1 amide bonds. The van der Waals surface area contributed by atoms with E-state index >= 15 is 0 Å². The fourth-order valence-corrected chi connectivity index (χ4v) is 2.98. The van der Waals surface area contributed by atoms with Gasteiger partial charge in [-0.15, -0.1) is 0 Å². The summed E-state index contributed by atoms with van der Waals surface area (Å²) in [6.07, 6.45) is -0.0122. The van der Waals surface area contributed by atoms with Crippen LogP contribution >= 0.6 is 7.60 Å². The zero-order chi connectivity index (χ0) is 19.2. The second kappa shape index (κ2) is 8.96. The van der Waals surface area contributed by atoms with Crippen molar-refractivity contribution in [3.05, 3.63) is 65.7 Å². The standard InChI is InChI=1S/C18H23N2O5P/c1-13(19)18(21)20-17(26(22,23)24)11-14-7-9-16(10-8-14)25-12-15-5-3-2-4-6-15/h2-10,13,17H,11-12,19H2,1H3,(H,20,21)(H2,22,23,24)/t13-,17+/m0/s1. The molecule has 2 atom stereocenters. The molecule has 0 unspecified atom stereocenters. The van der Waals surface area contributed by atoms with Gasteiger partial charge < -0.3 is 25.6 Å². The van der Waals surface area contributed by atoms with Crippen molar-refractivity contribution in [1.82, 2.24) is 5.32 Å². The summed E-state index contributed by atoms with van der Waals surface area (Å²) in [5.74, 6) is -1.29. The van der Waals surface area contributed by atoms with Crippen molar-refractivity contribution in [2.24, 2.45) is 5.73 Å². The summed E-state index contributed by atoms with van der Waals surface area (Å²) < 4.78 is 17.3. The largest absolute Gasteiger partial charge is 0.489 e. The summed E-state index contributed by atoms with van der Waals surface area (Å²) in [7, 11) is -4.52. The van der Waals surface area contributed by atoms with E-state index in [1.54, 1.807) is 24.3 Å². The first-order valence-electron chi connectivity index (χ1n) is 8.12. The van der Waals surface area contributed by atoms with Gasteiger partial charge in [-0.2, -0.15) is 0 Å². The monoisotopic (exact) mass is 378 g/mol. The number of amides is 1. The van der Waals surface area contributed by atoms with Crippen LogP contribution < -0.4 is 15.8 Å². The van der Waals surface area contributed by atoms with Gasteiger partial charge in [0, 0.05) is 6.42 Å². The Kier molecular flexibility index (Phi) is 6.94. The maximum Gasteiger partial charge on any atom is 0.347 e. The Morgan fingerprint density at radius 2 is 1.73 bits per heavy atom. The highest BCUT2D eigenvalue weighted by Crippen LogP contribution is 2.41. The molecule has 2 aromatic rings. The van der Waals surface area contributed by atoms with Crippen LogP contribution in [0.3, 0.4) is 0 Å². The Morgan fingerprint density at radius 3 is 2.27 bits per heavy atom. The third-order valence-electron chi connectivity index (χ3n) is 3.73. The Bertz CT molecular complexity index is 759. The van der Waals surface area contributed by atoms with Crippen molar-refractivity contribution in [2.45, 2.75) is 31.8 Å². The molecule has 2 rings (SSSR count). The molecule has 0 saturated heterocycles. The lowest BCUT2D eigenvalue weighted by Crippen LogP contribution is -2.44. The Morgan fingerprint density at radius 1 is 1.12 bits per heavy atom. The third kappa shape index (κ3) is 6.28. The lowest BCUT2D eigenvalue weighted by Gasteiger charge is -2.21. The molecule has 0 aromatic heterocycles. The number of carbonyl (C=O) groups excluding carboxylic acids is 1. The van der Waals surface area contributed by atoms with Gasteiger partial charge in [-0.1, -0.05) is 42.5 Å². The molecule has 0 bridgehead atoms. The summed E-state index contributed by atoms with van der Waals surface area (Å²) in [5.41, 5.74) is 7.14. The average molecular weight is 378 g/mol. The van der Waals surface area contributed by atoms with E-state index in [4.69, 9.17) is 10.5 Å². The molecule has 8 heteroatoms. The third-order valence-corrected chi connectivity index (χ3v) is 4.85. The number of hydrogen-bond acceptors (Lipinski definition) is 4. The Balaban J connectivity index is 1.99. The summed E-state index contributed by atoms with van der Waals surface area (Å²) in [6, 6.07) is 15.7. The molecule has 0 aliphatic heterocycles. The maximum absolute atomic E-state index is 11.7. The number of hydrogen-bond donors (Lipinski definition) is 4. The fourth-order valence-electron chi connectivity index (χ4n) is 2.24. The van der Waals surface area contributed by atoms with Crippen LogP contribution in [0.4, 0.5) is 0 Å². The van der Waals surface area contributed by atoms with Gasteiger partial charge in [-0.05, 0) is 30.2 Å². The van der Waals surface area contributed by atoms with E-state index in [2.05, 4.69) is 5.32 Å². The highest BCUT2D eigenvalue weighted by molar-refractivity contribution is 7.52. The SMILES string of the molecule is C[C@H](N)C(=O)N[C@@H](Cc1ccc(OCc2ccccc2)cc1)P(=O)(O)O. The fraction of sp³-hybridized carbons (Fsp3) is 0.278. The summed E-state index contributed by atoms with van der Waals surface area (Å²) in [5, 5.41) is 2.31. The van der Waals surface area contributed by atoms with Crippen LogP contribution in [-0.4, -0.2) is 27.5 Å². The zero-order valence-electron chi connectivity index (χ0n) is 14.4. The molecule has 0 fully saturated rings. The molecular weight excluding hydrogens is 355 g/mol. The van der Waals surface area contributed by atoms with Gasteiger partial charge >= 0.3 is 7.60 Å². The molecule has 0 saturated carbocycles. The van der Waals surface area contributed by atoms with Crippen molar-refractivity contribution in [2.75, 3.05) is 0 Å². The summed E-state index contributed by atoms with van der Waals surface area (Å²) >= 11 is 0. The molecule has 0 heterocycles. The quantitative estimate of drug-likeness (QED) is 0.520. The number of ether oxygens (including phenoxy) is 1. The highest BCUT2D eigenvalue weighted by atomic mass is 31.2. The first kappa shape index (κ1) is 20.1. The van der Waals surface area contributed by atoms with E-state index in [0.29, 0.717) is 17.9 Å². The lowest BCUT2D eigenvalue weighted by molar-refractivity contribution is -0.122. The molecule has 140 valence electrons. The van der Waals surface area contributed by atoms with Gasteiger partial charge in [-0.3, -0.25) is 9.36 Å². The van der Waals surface area contributed by atoms with Crippen LogP contribution in [0.1, 0.15) is 18.1 Å². The van der Waals surface area contributed by atoms with Crippen LogP contribution in [0.5, 0.6) is 5.75 Å². The number of carbonyl (C=O) groups is 1. The second-order valence-corrected chi connectivity index (χ2v) is 7.83. The highest BCUT2D eigenvalue weighted by Gasteiger charge is 2.31. The number of nitrogens with two attached hydrogens (primary N) is 1. The van der Waals surface area contributed by atoms with Gasteiger partial charge in [0.1, 0.15) is 18.1 Å². The molecule has 0 radical (unpaired) electrons. The molecule has 0 aliphatic rings. The molecule has 7 nitrogen and oxygen atoms in total. The minimum absolute atomic E-state index is 0.0122. The number of nitrogens with one attached hydrogen (secondary N) is 1. The van der Waals surface area contributed by atoms with Crippen molar-refractivity contribution >= 4 is 13.5 Å².